The summed E-state index contributed by atoms with van der Waals surface area (Å²) >= 11 is 0. The number of nitrogens with one attached hydrogen (secondary N) is 1. The first-order valence-electron chi connectivity index (χ1n) is 11.5. The van der Waals surface area contributed by atoms with Gasteiger partial charge in [-0.05, 0) is 57.6 Å². The van der Waals surface area contributed by atoms with Crippen molar-refractivity contribution in [3.8, 4) is 11.1 Å². The fraction of sp³-hybridized carbons (Fsp3) is 0. The van der Waals surface area contributed by atoms with Crippen LogP contribution in [-0.4, -0.2) is 0 Å². The van der Waals surface area contributed by atoms with Gasteiger partial charge in [-0.2, -0.15) is 0 Å². The van der Waals surface area contributed by atoms with Crippen molar-refractivity contribution in [3.05, 3.63) is 121 Å². The summed E-state index contributed by atoms with van der Waals surface area (Å²) in [6.07, 6.45) is 0. The molecule has 160 valence electrons. The van der Waals surface area contributed by atoms with Crippen LogP contribution in [0.5, 0.6) is 0 Å². The van der Waals surface area contributed by atoms with Gasteiger partial charge in [0.25, 0.3) is 0 Å². The first-order chi connectivity index (χ1) is 16.8. The summed E-state index contributed by atoms with van der Waals surface area (Å²) in [7, 11) is 0. The molecule has 1 aromatic heterocycles. The summed E-state index contributed by atoms with van der Waals surface area (Å²) < 4.78 is 6.32. The van der Waals surface area contributed by atoms with E-state index in [0.29, 0.717) is 0 Å². The van der Waals surface area contributed by atoms with Gasteiger partial charge in [-0.25, -0.2) is 0 Å². The number of benzene rings is 6. The molecule has 0 spiro atoms. The van der Waals surface area contributed by atoms with Crippen molar-refractivity contribution in [2.24, 2.45) is 0 Å². The first-order valence-corrected chi connectivity index (χ1v) is 11.5. The molecule has 1 heterocycles. The van der Waals surface area contributed by atoms with Gasteiger partial charge in [-0.15, -0.1) is 0 Å². The Kier molecular flexibility index (Phi) is 4.18. The maximum Gasteiger partial charge on any atom is 0.143 e. The van der Waals surface area contributed by atoms with E-state index in [1.807, 2.05) is 0 Å². The van der Waals surface area contributed by atoms with Crippen molar-refractivity contribution in [2.45, 2.75) is 0 Å². The standard InChI is InChI=1S/C32H21NO/c1-3-9-26-21(6-1)8-5-11-27(26)23-12-15-24(16-13-23)33-25-17-19-29-30-18-14-22-7-2-4-10-28(22)32(30)34-31(29)20-25/h1-20,33H. The van der Waals surface area contributed by atoms with Crippen LogP contribution in [0, 0.1) is 0 Å². The number of hydrogen-bond acceptors (Lipinski definition) is 2. The van der Waals surface area contributed by atoms with Crippen molar-refractivity contribution in [1.29, 1.82) is 0 Å². The molecule has 2 nitrogen and oxygen atoms in total. The smallest absolute Gasteiger partial charge is 0.143 e. The average molecular weight is 436 g/mol. The van der Waals surface area contributed by atoms with Crippen LogP contribution in [0.25, 0.3) is 54.6 Å². The zero-order valence-corrected chi connectivity index (χ0v) is 18.5. The monoisotopic (exact) mass is 435 g/mol. The van der Waals surface area contributed by atoms with E-state index in [1.54, 1.807) is 0 Å². The molecule has 0 bridgehead atoms. The third-order valence-corrected chi connectivity index (χ3v) is 6.64. The molecule has 1 N–H and O–H groups in total. The number of rotatable bonds is 3. The van der Waals surface area contributed by atoms with Gasteiger partial charge in [-0.1, -0.05) is 84.9 Å². The predicted molar refractivity (Wildman–Crippen MR) is 144 cm³/mol. The number of fused-ring (bicyclic) bond motifs is 6. The molecular formula is C32H21NO. The molecule has 0 radical (unpaired) electrons. The highest BCUT2D eigenvalue weighted by Gasteiger charge is 2.11. The molecule has 0 fully saturated rings. The van der Waals surface area contributed by atoms with E-state index < -0.39 is 0 Å². The Morgan fingerprint density at radius 2 is 1.15 bits per heavy atom. The highest BCUT2D eigenvalue weighted by molar-refractivity contribution is 6.15. The van der Waals surface area contributed by atoms with E-state index in [1.165, 1.54) is 27.3 Å². The van der Waals surface area contributed by atoms with E-state index in [2.05, 4.69) is 127 Å². The van der Waals surface area contributed by atoms with Crippen LogP contribution in [0.3, 0.4) is 0 Å². The molecule has 0 aliphatic rings. The molecule has 6 aromatic carbocycles. The average Bonchev–Trinajstić information content (AvgIpc) is 3.27. The van der Waals surface area contributed by atoms with Gasteiger partial charge in [0.1, 0.15) is 11.2 Å². The Labute approximate surface area is 197 Å². The second kappa shape index (κ2) is 7.50. The largest absolute Gasteiger partial charge is 0.455 e. The molecule has 0 aliphatic carbocycles. The van der Waals surface area contributed by atoms with Gasteiger partial charge in [0, 0.05) is 33.6 Å². The summed E-state index contributed by atoms with van der Waals surface area (Å²) in [5.41, 5.74) is 6.36. The van der Waals surface area contributed by atoms with Crippen molar-refractivity contribution in [2.75, 3.05) is 5.32 Å². The van der Waals surface area contributed by atoms with Crippen molar-refractivity contribution in [3.63, 3.8) is 0 Å². The Balaban J connectivity index is 1.23. The van der Waals surface area contributed by atoms with Crippen LogP contribution in [0.2, 0.25) is 0 Å². The summed E-state index contributed by atoms with van der Waals surface area (Å²) in [5, 5.41) is 10.7. The van der Waals surface area contributed by atoms with Crippen LogP contribution < -0.4 is 5.32 Å². The quantitative estimate of drug-likeness (QED) is 0.299. The SMILES string of the molecule is c1ccc2c(-c3ccc(Nc4ccc5c(c4)oc4c6ccccc6ccc54)cc3)cccc2c1. The van der Waals surface area contributed by atoms with Crippen LogP contribution in [0.15, 0.2) is 126 Å². The Bertz CT molecular complexity index is 1820. The lowest BCUT2D eigenvalue weighted by molar-refractivity contribution is 0.673. The number of furan rings is 1. The lowest BCUT2D eigenvalue weighted by atomic mass is 9.98. The first kappa shape index (κ1) is 19.0. The predicted octanol–water partition coefficient (Wildman–Crippen LogP) is 9.30. The summed E-state index contributed by atoms with van der Waals surface area (Å²) in [6, 6.07) is 42.6. The molecule has 0 saturated carbocycles. The fourth-order valence-electron chi connectivity index (χ4n) is 4.96. The van der Waals surface area contributed by atoms with E-state index in [4.69, 9.17) is 4.42 Å². The van der Waals surface area contributed by atoms with Gasteiger partial charge in [-0.3, -0.25) is 0 Å². The highest BCUT2D eigenvalue weighted by atomic mass is 16.3. The molecule has 7 aromatic rings. The van der Waals surface area contributed by atoms with Crippen LogP contribution >= 0.6 is 0 Å². The normalized spacial score (nSPS) is 11.5. The second-order valence-corrected chi connectivity index (χ2v) is 8.71. The summed E-state index contributed by atoms with van der Waals surface area (Å²) in [5.74, 6) is 0. The Hall–Kier alpha value is -4.56. The van der Waals surface area contributed by atoms with E-state index in [0.717, 1.165) is 38.7 Å². The summed E-state index contributed by atoms with van der Waals surface area (Å²) in [4.78, 5) is 0. The highest BCUT2D eigenvalue weighted by Crippen LogP contribution is 2.36. The molecule has 0 atom stereocenters. The zero-order valence-electron chi connectivity index (χ0n) is 18.5. The van der Waals surface area contributed by atoms with Crippen molar-refractivity contribution >= 4 is 54.9 Å². The second-order valence-electron chi connectivity index (χ2n) is 8.71. The van der Waals surface area contributed by atoms with Crippen molar-refractivity contribution in [1.82, 2.24) is 0 Å². The van der Waals surface area contributed by atoms with Crippen LogP contribution in [0.1, 0.15) is 0 Å². The topological polar surface area (TPSA) is 25.2 Å². The van der Waals surface area contributed by atoms with Crippen LogP contribution in [-0.2, 0) is 0 Å². The van der Waals surface area contributed by atoms with Gasteiger partial charge in [0.05, 0.1) is 0 Å². The maximum absolute atomic E-state index is 6.32. The van der Waals surface area contributed by atoms with Gasteiger partial charge >= 0.3 is 0 Å². The number of anilines is 2. The lowest BCUT2D eigenvalue weighted by Crippen LogP contribution is -1.90. The maximum atomic E-state index is 6.32. The molecular weight excluding hydrogens is 414 g/mol. The molecule has 0 amide bonds. The van der Waals surface area contributed by atoms with Gasteiger partial charge in [0.2, 0.25) is 0 Å². The third-order valence-electron chi connectivity index (χ3n) is 6.64. The van der Waals surface area contributed by atoms with Gasteiger partial charge in [0.15, 0.2) is 0 Å². The molecule has 0 saturated heterocycles. The number of hydrogen-bond donors (Lipinski definition) is 1. The van der Waals surface area contributed by atoms with Gasteiger partial charge < -0.3 is 9.73 Å². The molecule has 34 heavy (non-hydrogen) atoms. The van der Waals surface area contributed by atoms with Crippen molar-refractivity contribution < 1.29 is 4.42 Å². The lowest BCUT2D eigenvalue weighted by Gasteiger charge is -2.10. The molecule has 0 aliphatic heterocycles. The zero-order chi connectivity index (χ0) is 22.5. The molecule has 7 rings (SSSR count). The Morgan fingerprint density at radius 1 is 0.471 bits per heavy atom. The molecule has 2 heteroatoms. The fourth-order valence-corrected chi connectivity index (χ4v) is 4.96. The minimum atomic E-state index is 0.892. The minimum absolute atomic E-state index is 0.892. The van der Waals surface area contributed by atoms with E-state index >= 15 is 0 Å². The summed E-state index contributed by atoms with van der Waals surface area (Å²) in [6.45, 7) is 0. The van der Waals surface area contributed by atoms with Crippen LogP contribution in [0.4, 0.5) is 11.4 Å². The third kappa shape index (κ3) is 3.04. The van der Waals surface area contributed by atoms with E-state index in [-0.39, 0.29) is 0 Å². The minimum Gasteiger partial charge on any atom is -0.455 e. The Morgan fingerprint density at radius 3 is 2.00 bits per heavy atom. The van der Waals surface area contributed by atoms with E-state index in [9.17, 15) is 0 Å². The molecule has 0 unspecified atom stereocenters.